The second kappa shape index (κ2) is 9.28. The number of piperidine rings is 1. The number of benzene rings is 2. The van der Waals surface area contributed by atoms with Crippen LogP contribution in [0.15, 0.2) is 53.4 Å². The second-order valence-corrected chi connectivity index (χ2v) is 8.83. The van der Waals surface area contributed by atoms with Crippen molar-refractivity contribution < 1.29 is 22.7 Å². The van der Waals surface area contributed by atoms with Crippen LogP contribution in [0.3, 0.4) is 0 Å². The Kier molecular flexibility index (Phi) is 6.76. The molecule has 0 aliphatic carbocycles. The molecule has 1 N–H and O–H groups in total. The number of hydrogen-bond donors (Lipinski definition) is 1. The van der Waals surface area contributed by atoms with E-state index in [4.69, 9.17) is 9.47 Å². The summed E-state index contributed by atoms with van der Waals surface area (Å²) in [6, 6.07) is 13.8. The molecule has 0 spiro atoms. The van der Waals surface area contributed by atoms with Gasteiger partial charge < -0.3 is 14.4 Å². The number of rotatable bonds is 6. The van der Waals surface area contributed by atoms with E-state index < -0.39 is 10.0 Å². The third-order valence-electron chi connectivity index (χ3n) is 5.05. The Morgan fingerprint density at radius 2 is 1.79 bits per heavy atom. The maximum Gasteiger partial charge on any atom is 0.415 e. The Balaban J connectivity index is 1.50. The summed E-state index contributed by atoms with van der Waals surface area (Å²) in [7, 11) is -2.05. The normalized spacial score (nSPS) is 15.2. The van der Waals surface area contributed by atoms with Crippen LogP contribution in [-0.2, 0) is 10.0 Å². The van der Waals surface area contributed by atoms with E-state index in [1.54, 1.807) is 49.3 Å². The summed E-state index contributed by atoms with van der Waals surface area (Å²) in [4.78, 5) is 14.2. The maximum atomic E-state index is 12.6. The van der Waals surface area contributed by atoms with E-state index in [-0.39, 0.29) is 16.9 Å². The van der Waals surface area contributed by atoms with Gasteiger partial charge in [0, 0.05) is 19.6 Å². The van der Waals surface area contributed by atoms with Crippen molar-refractivity contribution in [2.24, 2.45) is 5.92 Å². The molecule has 156 valence electrons. The molecular weight excluding hydrogens is 392 g/mol. The SMILES string of the molecule is COc1ccc(S(=O)(=O)NCC2CCN(C(=O)Oc3ccccc3)CC2)c(C)c1. The number of likely N-dealkylation sites (tertiary alicyclic amines) is 1. The molecule has 29 heavy (non-hydrogen) atoms. The molecule has 1 heterocycles. The summed E-state index contributed by atoms with van der Waals surface area (Å²) in [5.74, 6) is 1.31. The van der Waals surface area contributed by atoms with Crippen LogP contribution >= 0.6 is 0 Å². The number of methoxy groups -OCH3 is 1. The zero-order valence-electron chi connectivity index (χ0n) is 16.6. The Morgan fingerprint density at radius 1 is 1.10 bits per heavy atom. The van der Waals surface area contributed by atoms with Crippen LogP contribution in [0.5, 0.6) is 11.5 Å². The zero-order valence-corrected chi connectivity index (χ0v) is 17.4. The summed E-state index contributed by atoms with van der Waals surface area (Å²) in [5.41, 5.74) is 0.635. The summed E-state index contributed by atoms with van der Waals surface area (Å²) >= 11 is 0. The van der Waals surface area contributed by atoms with E-state index >= 15 is 0 Å². The van der Waals surface area contributed by atoms with Gasteiger partial charge in [-0.2, -0.15) is 0 Å². The summed E-state index contributed by atoms with van der Waals surface area (Å²) < 4.78 is 38.5. The van der Waals surface area contributed by atoms with Crippen LogP contribution in [0.4, 0.5) is 4.79 Å². The molecule has 0 radical (unpaired) electrons. The number of nitrogens with one attached hydrogen (secondary N) is 1. The van der Waals surface area contributed by atoms with Crippen molar-refractivity contribution in [2.45, 2.75) is 24.7 Å². The molecule has 1 aliphatic rings. The van der Waals surface area contributed by atoms with Gasteiger partial charge in [-0.1, -0.05) is 18.2 Å². The molecule has 1 fully saturated rings. The number of nitrogens with zero attached hydrogens (tertiary/aromatic N) is 1. The van der Waals surface area contributed by atoms with Gasteiger partial charge in [-0.3, -0.25) is 0 Å². The van der Waals surface area contributed by atoms with E-state index in [0.29, 0.717) is 49.5 Å². The van der Waals surface area contributed by atoms with Crippen LogP contribution in [0.2, 0.25) is 0 Å². The van der Waals surface area contributed by atoms with Crippen LogP contribution < -0.4 is 14.2 Å². The first kappa shape index (κ1) is 21.1. The molecule has 0 saturated carbocycles. The number of amides is 1. The van der Waals surface area contributed by atoms with Crippen molar-refractivity contribution in [2.75, 3.05) is 26.7 Å². The molecule has 1 amide bonds. The lowest BCUT2D eigenvalue weighted by Crippen LogP contribution is -2.42. The Hall–Kier alpha value is -2.58. The topological polar surface area (TPSA) is 84.9 Å². The number of aryl methyl sites for hydroxylation is 1. The molecule has 0 bridgehead atoms. The molecule has 7 nitrogen and oxygen atoms in total. The molecule has 3 rings (SSSR count). The minimum absolute atomic E-state index is 0.170. The fourth-order valence-corrected chi connectivity index (χ4v) is 4.67. The Morgan fingerprint density at radius 3 is 2.41 bits per heavy atom. The second-order valence-electron chi connectivity index (χ2n) is 7.09. The van der Waals surface area contributed by atoms with Crippen molar-refractivity contribution >= 4 is 16.1 Å². The first-order valence-corrected chi connectivity index (χ1v) is 11.0. The van der Waals surface area contributed by atoms with E-state index in [1.807, 2.05) is 18.2 Å². The van der Waals surface area contributed by atoms with Crippen molar-refractivity contribution in [1.82, 2.24) is 9.62 Å². The standard InChI is InChI=1S/C21H26N2O5S/c1-16-14-19(27-2)8-9-20(16)29(25,26)22-15-17-10-12-23(13-11-17)21(24)28-18-6-4-3-5-7-18/h3-9,14,17,22H,10-13,15H2,1-2H3. The van der Waals surface area contributed by atoms with Gasteiger partial charge in [0.25, 0.3) is 0 Å². The molecule has 1 aliphatic heterocycles. The highest BCUT2D eigenvalue weighted by atomic mass is 32.2. The quantitative estimate of drug-likeness (QED) is 0.779. The van der Waals surface area contributed by atoms with Gasteiger partial charge in [0.05, 0.1) is 12.0 Å². The van der Waals surface area contributed by atoms with Gasteiger partial charge in [0.1, 0.15) is 11.5 Å². The van der Waals surface area contributed by atoms with Crippen LogP contribution in [0.25, 0.3) is 0 Å². The van der Waals surface area contributed by atoms with Gasteiger partial charge in [0.15, 0.2) is 0 Å². The van der Waals surface area contributed by atoms with Gasteiger partial charge in [-0.25, -0.2) is 17.9 Å². The van der Waals surface area contributed by atoms with E-state index in [0.717, 1.165) is 0 Å². The highest BCUT2D eigenvalue weighted by Crippen LogP contribution is 2.22. The lowest BCUT2D eigenvalue weighted by atomic mass is 9.97. The summed E-state index contributed by atoms with van der Waals surface area (Å²) in [6.45, 7) is 3.17. The van der Waals surface area contributed by atoms with E-state index in [9.17, 15) is 13.2 Å². The minimum atomic E-state index is -3.60. The van der Waals surface area contributed by atoms with Crippen molar-refractivity contribution in [1.29, 1.82) is 0 Å². The van der Waals surface area contributed by atoms with Crippen LogP contribution in [0, 0.1) is 12.8 Å². The largest absolute Gasteiger partial charge is 0.497 e. The highest BCUT2D eigenvalue weighted by Gasteiger charge is 2.26. The maximum absolute atomic E-state index is 12.6. The molecule has 0 unspecified atom stereocenters. The molecule has 1 saturated heterocycles. The van der Waals surface area contributed by atoms with Crippen molar-refractivity contribution in [3.63, 3.8) is 0 Å². The average Bonchev–Trinajstić information content (AvgIpc) is 2.73. The summed E-state index contributed by atoms with van der Waals surface area (Å²) in [5, 5.41) is 0. The first-order valence-electron chi connectivity index (χ1n) is 9.55. The Bertz CT molecular complexity index is 939. The number of carbonyl (C=O) groups excluding carboxylic acids is 1. The lowest BCUT2D eigenvalue weighted by Gasteiger charge is -2.31. The number of hydrogen-bond acceptors (Lipinski definition) is 5. The molecule has 0 aromatic heterocycles. The predicted molar refractivity (Wildman–Crippen MR) is 110 cm³/mol. The number of carbonyl (C=O) groups is 1. The highest BCUT2D eigenvalue weighted by molar-refractivity contribution is 7.89. The van der Waals surface area contributed by atoms with Crippen LogP contribution in [0.1, 0.15) is 18.4 Å². The third kappa shape index (κ3) is 5.48. The average molecular weight is 419 g/mol. The van der Waals surface area contributed by atoms with E-state index in [1.165, 1.54) is 0 Å². The molecule has 0 atom stereocenters. The Labute approximate surface area is 171 Å². The number of para-hydroxylation sites is 1. The predicted octanol–water partition coefficient (Wildman–Crippen LogP) is 3.19. The smallest absolute Gasteiger partial charge is 0.415 e. The van der Waals surface area contributed by atoms with Gasteiger partial charge in [-0.15, -0.1) is 0 Å². The molecule has 8 heteroatoms. The fraction of sp³-hybridized carbons (Fsp3) is 0.381. The van der Waals surface area contributed by atoms with Gasteiger partial charge >= 0.3 is 6.09 Å². The monoisotopic (exact) mass is 418 g/mol. The van der Waals surface area contributed by atoms with Crippen LogP contribution in [-0.4, -0.2) is 46.2 Å². The van der Waals surface area contributed by atoms with Crippen molar-refractivity contribution in [3.05, 3.63) is 54.1 Å². The first-order chi connectivity index (χ1) is 13.9. The lowest BCUT2D eigenvalue weighted by molar-refractivity contribution is 0.131. The third-order valence-corrected chi connectivity index (χ3v) is 6.64. The van der Waals surface area contributed by atoms with Crippen molar-refractivity contribution in [3.8, 4) is 11.5 Å². The zero-order chi connectivity index (χ0) is 20.9. The summed E-state index contributed by atoms with van der Waals surface area (Å²) in [6.07, 6.45) is 1.06. The fourth-order valence-electron chi connectivity index (χ4n) is 3.33. The molecular formula is C21H26N2O5S. The van der Waals surface area contributed by atoms with E-state index in [2.05, 4.69) is 4.72 Å². The van der Waals surface area contributed by atoms with Gasteiger partial charge in [0.2, 0.25) is 10.0 Å². The van der Waals surface area contributed by atoms with Gasteiger partial charge in [-0.05, 0) is 61.6 Å². The minimum Gasteiger partial charge on any atom is -0.497 e. The molecule has 2 aromatic carbocycles. The number of ether oxygens (including phenoxy) is 2. The number of sulfonamides is 1. The molecule has 2 aromatic rings.